The smallest absolute Gasteiger partial charge is 0.295 e. The molecule has 3 aromatic rings. The average molecular weight is 386 g/mol. The molecule has 1 heterocycles. The maximum atomic E-state index is 12.7. The fourth-order valence-corrected chi connectivity index (χ4v) is 5.40. The molecule has 5 nitrogen and oxygen atoms in total. The van der Waals surface area contributed by atoms with Crippen molar-refractivity contribution in [2.45, 2.75) is 30.7 Å². The molecular weight excluding hydrogens is 368 g/mol. The predicted molar refractivity (Wildman–Crippen MR) is 106 cm³/mol. The summed E-state index contributed by atoms with van der Waals surface area (Å²) in [5.41, 5.74) is 3.58. The van der Waals surface area contributed by atoms with Gasteiger partial charge in [-0.1, -0.05) is 23.5 Å². The van der Waals surface area contributed by atoms with Crippen LogP contribution in [0.5, 0.6) is 0 Å². The first-order chi connectivity index (χ1) is 12.5. The summed E-state index contributed by atoms with van der Waals surface area (Å²) in [4.78, 5) is 12.2. The molecule has 7 heteroatoms. The van der Waals surface area contributed by atoms with Gasteiger partial charge in [-0.05, 0) is 60.7 Å². The number of nitrogens with one attached hydrogen (secondary N) is 1. The van der Waals surface area contributed by atoms with Gasteiger partial charge in [0, 0.05) is 6.54 Å². The molecule has 134 valence electrons. The molecule has 0 amide bonds. The van der Waals surface area contributed by atoms with Gasteiger partial charge in [-0.2, -0.15) is 0 Å². The lowest BCUT2D eigenvalue weighted by molar-refractivity contribution is 0.601. The van der Waals surface area contributed by atoms with Crippen LogP contribution in [-0.2, 0) is 29.4 Å². The third kappa shape index (κ3) is 2.97. The van der Waals surface area contributed by atoms with Crippen molar-refractivity contribution in [2.75, 3.05) is 4.72 Å². The summed E-state index contributed by atoms with van der Waals surface area (Å²) in [5, 5.41) is 0. The van der Waals surface area contributed by atoms with E-state index in [9.17, 15) is 13.2 Å². The average Bonchev–Trinajstić information content (AvgIpc) is 3.18. The Kier molecular flexibility index (Phi) is 4.20. The number of aromatic nitrogens is 1. The van der Waals surface area contributed by atoms with Crippen molar-refractivity contribution in [1.82, 2.24) is 4.57 Å². The molecule has 1 aliphatic rings. The molecule has 0 saturated heterocycles. The van der Waals surface area contributed by atoms with Crippen LogP contribution < -0.4 is 9.60 Å². The predicted octanol–water partition coefficient (Wildman–Crippen LogP) is 3.54. The SMILES string of the molecule is C=CCn1c(=O)sc2cc(NS(=O)(=O)c3ccc4c(c3)CCC4)ccc21. The Hall–Kier alpha value is -2.38. The highest BCUT2D eigenvalue weighted by atomic mass is 32.2. The largest absolute Gasteiger partial charge is 0.308 e. The molecule has 0 radical (unpaired) electrons. The number of aryl methyl sites for hydroxylation is 2. The third-order valence-corrected chi connectivity index (χ3v) is 6.93. The zero-order valence-corrected chi connectivity index (χ0v) is 15.7. The van der Waals surface area contributed by atoms with Gasteiger partial charge in [-0.15, -0.1) is 6.58 Å². The summed E-state index contributed by atoms with van der Waals surface area (Å²) in [5.74, 6) is 0. The highest BCUT2D eigenvalue weighted by Crippen LogP contribution is 2.27. The molecule has 1 aliphatic carbocycles. The highest BCUT2D eigenvalue weighted by molar-refractivity contribution is 7.92. The van der Waals surface area contributed by atoms with E-state index in [0.717, 1.165) is 46.4 Å². The molecule has 0 saturated carbocycles. The van der Waals surface area contributed by atoms with Crippen LogP contribution in [0.3, 0.4) is 0 Å². The van der Waals surface area contributed by atoms with Crippen LogP contribution in [0.25, 0.3) is 10.2 Å². The topological polar surface area (TPSA) is 68.2 Å². The van der Waals surface area contributed by atoms with Crippen molar-refractivity contribution in [3.63, 3.8) is 0 Å². The molecule has 0 aliphatic heterocycles. The van der Waals surface area contributed by atoms with Gasteiger partial charge in [-0.25, -0.2) is 8.42 Å². The Bertz CT molecular complexity index is 1170. The van der Waals surface area contributed by atoms with Gasteiger partial charge in [0.15, 0.2) is 0 Å². The molecule has 2 aromatic carbocycles. The van der Waals surface area contributed by atoms with Crippen LogP contribution in [0.4, 0.5) is 5.69 Å². The van der Waals surface area contributed by atoms with E-state index in [1.54, 1.807) is 41.0 Å². The molecule has 0 fully saturated rings. The Morgan fingerprint density at radius 3 is 2.77 bits per heavy atom. The molecule has 4 rings (SSSR count). The number of thiazole rings is 1. The number of sulfonamides is 1. The molecular formula is C19H18N2O3S2. The Morgan fingerprint density at radius 2 is 1.96 bits per heavy atom. The quantitative estimate of drug-likeness (QED) is 0.682. The van der Waals surface area contributed by atoms with Gasteiger partial charge in [0.2, 0.25) is 0 Å². The molecule has 0 unspecified atom stereocenters. The number of benzene rings is 2. The van der Waals surface area contributed by atoms with Crippen LogP contribution in [0.2, 0.25) is 0 Å². The standard InChI is InChI=1S/C19H18N2O3S2/c1-2-10-21-17-9-7-15(12-18(17)25-19(21)22)20-26(23,24)16-8-6-13-4-3-5-14(13)11-16/h2,6-9,11-12,20H,1,3-5,10H2. The van der Waals surface area contributed by atoms with Crippen molar-refractivity contribution in [3.8, 4) is 0 Å². The molecule has 26 heavy (non-hydrogen) atoms. The van der Waals surface area contributed by atoms with E-state index in [1.807, 2.05) is 6.07 Å². The van der Waals surface area contributed by atoms with Crippen molar-refractivity contribution < 1.29 is 8.42 Å². The summed E-state index contributed by atoms with van der Waals surface area (Å²) in [6.07, 6.45) is 4.68. The number of anilines is 1. The van der Waals surface area contributed by atoms with Gasteiger partial charge in [0.1, 0.15) is 0 Å². The first-order valence-corrected chi connectivity index (χ1v) is 10.7. The van der Waals surface area contributed by atoms with Crippen molar-refractivity contribution in [1.29, 1.82) is 0 Å². The summed E-state index contributed by atoms with van der Waals surface area (Å²) in [6.45, 7) is 4.09. The second kappa shape index (κ2) is 6.41. The maximum absolute atomic E-state index is 12.7. The monoisotopic (exact) mass is 386 g/mol. The molecule has 0 atom stereocenters. The van der Waals surface area contributed by atoms with Gasteiger partial charge in [-0.3, -0.25) is 14.1 Å². The van der Waals surface area contributed by atoms with Gasteiger partial charge in [0.25, 0.3) is 10.0 Å². The minimum absolute atomic E-state index is 0.0847. The molecule has 0 spiro atoms. The van der Waals surface area contributed by atoms with Crippen molar-refractivity contribution >= 4 is 37.3 Å². The maximum Gasteiger partial charge on any atom is 0.308 e. The second-order valence-corrected chi connectivity index (χ2v) is 9.01. The van der Waals surface area contributed by atoms with Crippen LogP contribution in [-0.4, -0.2) is 13.0 Å². The van der Waals surface area contributed by atoms with Gasteiger partial charge in [0.05, 0.1) is 20.8 Å². The van der Waals surface area contributed by atoms with E-state index in [-0.39, 0.29) is 9.77 Å². The van der Waals surface area contributed by atoms with Crippen LogP contribution in [0.15, 0.2) is 58.7 Å². The van der Waals surface area contributed by atoms with Crippen molar-refractivity contribution in [2.24, 2.45) is 0 Å². The summed E-state index contributed by atoms with van der Waals surface area (Å²) >= 11 is 1.10. The van der Waals surface area contributed by atoms with Gasteiger partial charge < -0.3 is 0 Å². The molecule has 1 aromatic heterocycles. The van der Waals surface area contributed by atoms with E-state index < -0.39 is 10.0 Å². The van der Waals surface area contributed by atoms with Crippen LogP contribution >= 0.6 is 11.3 Å². The summed E-state index contributed by atoms with van der Waals surface area (Å²) in [7, 11) is -3.66. The van der Waals surface area contributed by atoms with E-state index in [4.69, 9.17) is 0 Å². The highest BCUT2D eigenvalue weighted by Gasteiger charge is 2.19. The number of hydrogen-bond donors (Lipinski definition) is 1. The van der Waals surface area contributed by atoms with E-state index >= 15 is 0 Å². The number of hydrogen-bond acceptors (Lipinski definition) is 4. The lowest BCUT2D eigenvalue weighted by Crippen LogP contribution is -2.13. The van der Waals surface area contributed by atoms with E-state index in [1.165, 1.54) is 5.56 Å². The summed E-state index contributed by atoms with van der Waals surface area (Å²) < 4.78 is 30.4. The minimum atomic E-state index is -3.66. The number of allylic oxidation sites excluding steroid dienone is 1. The summed E-state index contributed by atoms with van der Waals surface area (Å²) in [6, 6.07) is 10.5. The van der Waals surface area contributed by atoms with Crippen molar-refractivity contribution in [3.05, 3.63) is 69.8 Å². The number of nitrogens with zero attached hydrogens (tertiary/aromatic N) is 1. The lowest BCUT2D eigenvalue weighted by atomic mass is 10.1. The Balaban J connectivity index is 1.68. The number of rotatable bonds is 5. The van der Waals surface area contributed by atoms with Gasteiger partial charge >= 0.3 is 4.87 Å². The first-order valence-electron chi connectivity index (χ1n) is 8.37. The van der Waals surface area contributed by atoms with E-state index in [0.29, 0.717) is 12.2 Å². The van der Waals surface area contributed by atoms with Crippen LogP contribution in [0, 0.1) is 0 Å². The minimum Gasteiger partial charge on any atom is -0.295 e. The zero-order chi connectivity index (χ0) is 18.3. The molecule has 0 bridgehead atoms. The van der Waals surface area contributed by atoms with E-state index in [2.05, 4.69) is 11.3 Å². The fourth-order valence-electron chi connectivity index (χ4n) is 3.36. The third-order valence-electron chi connectivity index (χ3n) is 4.61. The zero-order valence-electron chi connectivity index (χ0n) is 14.1. The Labute approximate surface area is 155 Å². The first kappa shape index (κ1) is 17.1. The number of fused-ring (bicyclic) bond motifs is 2. The van der Waals surface area contributed by atoms with Crippen LogP contribution in [0.1, 0.15) is 17.5 Å². The molecule has 1 N–H and O–H groups in total. The lowest BCUT2D eigenvalue weighted by Gasteiger charge is -2.10. The normalized spacial score (nSPS) is 13.7. The fraction of sp³-hybridized carbons (Fsp3) is 0.211. The second-order valence-electron chi connectivity index (χ2n) is 6.34. The Morgan fingerprint density at radius 1 is 1.15 bits per heavy atom.